The minimum atomic E-state index is 0.604. The van der Waals surface area contributed by atoms with Gasteiger partial charge in [-0.05, 0) is 12.1 Å². The summed E-state index contributed by atoms with van der Waals surface area (Å²) < 4.78 is 0. The Balaban J connectivity index is 2.59. The first-order valence-electron chi connectivity index (χ1n) is 3.83. The SMILES string of the molecule is Nc1cccc(-c2nccs2)c1N. The first-order chi connectivity index (χ1) is 6.29. The smallest absolute Gasteiger partial charge is 0.125 e. The van der Waals surface area contributed by atoms with Gasteiger partial charge in [-0.2, -0.15) is 0 Å². The summed E-state index contributed by atoms with van der Waals surface area (Å²) in [5, 5.41) is 2.82. The average molecular weight is 191 g/mol. The predicted octanol–water partition coefficient (Wildman–Crippen LogP) is 1.97. The number of hydrogen-bond donors (Lipinski definition) is 2. The van der Waals surface area contributed by atoms with E-state index in [0.717, 1.165) is 10.6 Å². The molecule has 0 aliphatic rings. The predicted molar refractivity (Wildman–Crippen MR) is 56.4 cm³/mol. The highest BCUT2D eigenvalue weighted by Gasteiger charge is 2.06. The Morgan fingerprint density at radius 3 is 2.77 bits per heavy atom. The van der Waals surface area contributed by atoms with Crippen molar-refractivity contribution in [3.05, 3.63) is 29.8 Å². The second-order valence-electron chi connectivity index (χ2n) is 2.65. The third-order valence-corrected chi connectivity index (χ3v) is 2.61. The lowest BCUT2D eigenvalue weighted by atomic mass is 10.1. The number of hydrogen-bond acceptors (Lipinski definition) is 4. The maximum Gasteiger partial charge on any atom is 0.125 e. The van der Waals surface area contributed by atoms with Crippen molar-refractivity contribution in [1.29, 1.82) is 0 Å². The fraction of sp³-hybridized carbons (Fsp3) is 0. The molecular formula is C9H9N3S. The molecule has 0 saturated carbocycles. The highest BCUT2D eigenvalue weighted by Crippen LogP contribution is 2.30. The number of para-hydroxylation sites is 1. The number of rotatable bonds is 1. The molecule has 0 bridgehead atoms. The highest BCUT2D eigenvalue weighted by molar-refractivity contribution is 7.13. The molecule has 66 valence electrons. The number of thiazole rings is 1. The van der Waals surface area contributed by atoms with Gasteiger partial charge in [-0.3, -0.25) is 0 Å². The zero-order chi connectivity index (χ0) is 9.26. The molecule has 4 N–H and O–H groups in total. The van der Waals surface area contributed by atoms with E-state index in [1.165, 1.54) is 0 Å². The lowest BCUT2D eigenvalue weighted by Crippen LogP contribution is -1.96. The van der Waals surface area contributed by atoms with Crippen LogP contribution in [0.15, 0.2) is 29.8 Å². The molecule has 13 heavy (non-hydrogen) atoms. The van der Waals surface area contributed by atoms with Crippen LogP contribution in [0.25, 0.3) is 10.6 Å². The van der Waals surface area contributed by atoms with Gasteiger partial charge in [0.2, 0.25) is 0 Å². The lowest BCUT2D eigenvalue weighted by Gasteiger charge is -2.04. The minimum absolute atomic E-state index is 0.604. The van der Waals surface area contributed by atoms with Crippen LogP contribution in [0, 0.1) is 0 Å². The lowest BCUT2D eigenvalue weighted by molar-refractivity contribution is 1.41. The van der Waals surface area contributed by atoms with Crippen LogP contribution in [0.5, 0.6) is 0 Å². The van der Waals surface area contributed by atoms with Gasteiger partial charge in [0, 0.05) is 17.1 Å². The summed E-state index contributed by atoms with van der Waals surface area (Å²) >= 11 is 1.55. The molecular weight excluding hydrogens is 182 g/mol. The van der Waals surface area contributed by atoms with Gasteiger partial charge in [0.1, 0.15) is 5.01 Å². The molecule has 0 spiro atoms. The summed E-state index contributed by atoms with van der Waals surface area (Å²) in [7, 11) is 0. The molecule has 0 unspecified atom stereocenters. The van der Waals surface area contributed by atoms with Gasteiger partial charge in [0.25, 0.3) is 0 Å². The molecule has 0 aliphatic carbocycles. The Morgan fingerprint density at radius 1 is 1.23 bits per heavy atom. The summed E-state index contributed by atoms with van der Waals surface area (Å²) in [5.74, 6) is 0. The third-order valence-electron chi connectivity index (χ3n) is 1.80. The largest absolute Gasteiger partial charge is 0.397 e. The van der Waals surface area contributed by atoms with Crippen molar-refractivity contribution in [2.45, 2.75) is 0 Å². The van der Waals surface area contributed by atoms with Gasteiger partial charge in [-0.15, -0.1) is 11.3 Å². The van der Waals surface area contributed by atoms with Crippen molar-refractivity contribution in [3.63, 3.8) is 0 Å². The van der Waals surface area contributed by atoms with Gasteiger partial charge in [0.15, 0.2) is 0 Å². The van der Waals surface area contributed by atoms with Crippen LogP contribution in [-0.4, -0.2) is 4.98 Å². The molecule has 1 aromatic carbocycles. The fourth-order valence-corrected chi connectivity index (χ4v) is 1.80. The van der Waals surface area contributed by atoms with E-state index in [1.54, 1.807) is 23.6 Å². The van der Waals surface area contributed by atoms with Gasteiger partial charge >= 0.3 is 0 Å². The number of nitrogens with zero attached hydrogens (tertiary/aromatic N) is 1. The molecule has 1 aromatic heterocycles. The summed E-state index contributed by atoms with van der Waals surface area (Å²) in [6.45, 7) is 0. The zero-order valence-corrected chi connectivity index (χ0v) is 7.71. The molecule has 0 saturated heterocycles. The van der Waals surface area contributed by atoms with Crippen LogP contribution in [0.2, 0.25) is 0 Å². The van der Waals surface area contributed by atoms with Crippen molar-refractivity contribution >= 4 is 22.7 Å². The summed E-state index contributed by atoms with van der Waals surface area (Å²) in [6.07, 6.45) is 1.75. The summed E-state index contributed by atoms with van der Waals surface area (Å²) in [6, 6.07) is 5.58. The molecule has 2 rings (SSSR count). The van der Waals surface area contributed by atoms with Crippen LogP contribution in [0.3, 0.4) is 0 Å². The van der Waals surface area contributed by atoms with Crippen LogP contribution in [-0.2, 0) is 0 Å². The molecule has 3 nitrogen and oxygen atoms in total. The number of aromatic nitrogens is 1. The van der Waals surface area contributed by atoms with E-state index in [-0.39, 0.29) is 0 Å². The van der Waals surface area contributed by atoms with Crippen molar-refractivity contribution in [2.24, 2.45) is 0 Å². The quantitative estimate of drug-likeness (QED) is 0.677. The summed E-state index contributed by atoms with van der Waals surface area (Å²) in [5.41, 5.74) is 13.6. The minimum Gasteiger partial charge on any atom is -0.397 e. The van der Waals surface area contributed by atoms with Crippen molar-refractivity contribution in [1.82, 2.24) is 4.98 Å². The highest BCUT2D eigenvalue weighted by atomic mass is 32.1. The number of nitrogens with two attached hydrogens (primary N) is 2. The van der Waals surface area contributed by atoms with Crippen molar-refractivity contribution in [2.75, 3.05) is 11.5 Å². The Hall–Kier alpha value is -1.55. The molecule has 4 heteroatoms. The van der Waals surface area contributed by atoms with E-state index in [2.05, 4.69) is 4.98 Å². The Kier molecular flexibility index (Phi) is 1.90. The maximum absolute atomic E-state index is 5.82. The van der Waals surface area contributed by atoms with Gasteiger partial charge in [-0.25, -0.2) is 4.98 Å². The van der Waals surface area contributed by atoms with Gasteiger partial charge < -0.3 is 11.5 Å². The number of anilines is 2. The molecule has 0 fully saturated rings. The topological polar surface area (TPSA) is 64.9 Å². The van der Waals surface area contributed by atoms with Crippen molar-refractivity contribution < 1.29 is 0 Å². The van der Waals surface area contributed by atoms with Crippen LogP contribution in [0.1, 0.15) is 0 Å². The molecule has 0 radical (unpaired) electrons. The molecule has 0 aliphatic heterocycles. The first-order valence-corrected chi connectivity index (χ1v) is 4.71. The van der Waals surface area contributed by atoms with Gasteiger partial charge in [0.05, 0.1) is 11.4 Å². The normalized spacial score (nSPS) is 10.2. The fourth-order valence-electron chi connectivity index (χ4n) is 1.13. The summed E-state index contributed by atoms with van der Waals surface area (Å²) in [4.78, 5) is 4.17. The van der Waals surface area contributed by atoms with Crippen molar-refractivity contribution in [3.8, 4) is 10.6 Å². The second-order valence-corrected chi connectivity index (χ2v) is 3.54. The molecule has 0 amide bonds. The van der Waals surface area contributed by atoms with Gasteiger partial charge in [-0.1, -0.05) is 6.07 Å². The molecule has 0 atom stereocenters. The number of benzene rings is 1. The first kappa shape index (κ1) is 8.07. The van der Waals surface area contributed by atoms with E-state index in [1.807, 2.05) is 17.5 Å². The van der Waals surface area contributed by atoms with E-state index in [4.69, 9.17) is 11.5 Å². The zero-order valence-electron chi connectivity index (χ0n) is 6.90. The Bertz CT molecular complexity index is 409. The van der Waals surface area contributed by atoms with E-state index in [0.29, 0.717) is 11.4 Å². The average Bonchev–Trinajstić information content (AvgIpc) is 2.62. The van der Waals surface area contributed by atoms with E-state index < -0.39 is 0 Å². The van der Waals surface area contributed by atoms with Crippen LogP contribution >= 0.6 is 11.3 Å². The maximum atomic E-state index is 5.82. The Labute approximate surface area is 80.0 Å². The number of nitrogen functional groups attached to an aromatic ring is 2. The second kappa shape index (κ2) is 3.06. The van der Waals surface area contributed by atoms with E-state index in [9.17, 15) is 0 Å². The Morgan fingerprint density at radius 2 is 2.08 bits per heavy atom. The van der Waals surface area contributed by atoms with Crippen LogP contribution < -0.4 is 11.5 Å². The third kappa shape index (κ3) is 1.36. The molecule has 1 heterocycles. The van der Waals surface area contributed by atoms with E-state index >= 15 is 0 Å². The monoisotopic (exact) mass is 191 g/mol. The molecule has 2 aromatic rings. The standard InChI is InChI=1S/C9H9N3S/c10-7-3-1-2-6(8(7)11)9-12-4-5-13-9/h1-5H,10-11H2. The van der Waals surface area contributed by atoms with Crippen LogP contribution in [0.4, 0.5) is 11.4 Å².